The second-order valence-electron chi connectivity index (χ2n) is 6.53. The first-order valence-electron chi connectivity index (χ1n) is 9.62. The van der Waals surface area contributed by atoms with Crippen molar-refractivity contribution >= 4 is 19.9 Å². The van der Waals surface area contributed by atoms with E-state index in [1.807, 2.05) is 25.1 Å². The maximum atomic E-state index is 13.0. The maximum absolute atomic E-state index is 13.0. The van der Waals surface area contributed by atoms with E-state index in [1.165, 1.54) is 16.4 Å². The Balaban J connectivity index is 2.04. The zero-order valence-corrected chi connectivity index (χ0v) is 18.5. The molecule has 0 aliphatic heterocycles. The Labute approximate surface area is 173 Å². The Morgan fingerprint density at radius 2 is 1.69 bits per heavy atom. The van der Waals surface area contributed by atoms with E-state index in [0.717, 1.165) is 5.69 Å². The van der Waals surface area contributed by atoms with Crippen LogP contribution in [-0.4, -0.2) is 57.3 Å². The molecule has 0 saturated heterocycles. The molecule has 0 radical (unpaired) electrons. The van der Waals surface area contributed by atoms with Gasteiger partial charge in [-0.05, 0) is 42.8 Å². The van der Waals surface area contributed by atoms with Crippen molar-refractivity contribution in [3.63, 3.8) is 0 Å². The second kappa shape index (κ2) is 10.7. The highest BCUT2D eigenvalue weighted by Crippen LogP contribution is 2.20. The second-order valence-corrected chi connectivity index (χ2v) is 10.9. The molecule has 0 N–H and O–H groups in total. The van der Waals surface area contributed by atoms with Crippen molar-refractivity contribution in [3.8, 4) is 5.75 Å². The quantitative estimate of drug-likeness (QED) is 0.503. The van der Waals surface area contributed by atoms with Crippen LogP contribution in [0.3, 0.4) is 0 Å². The molecular formula is C20H28N2O5S2. The van der Waals surface area contributed by atoms with Crippen LogP contribution in [0.15, 0.2) is 53.6 Å². The van der Waals surface area contributed by atoms with E-state index < -0.39 is 19.9 Å². The average Bonchev–Trinajstić information content (AvgIpc) is 2.72. The lowest BCUT2D eigenvalue weighted by atomic mass is 10.3. The molecule has 29 heavy (non-hydrogen) atoms. The summed E-state index contributed by atoms with van der Waals surface area (Å²) in [6, 6.07) is 11.7. The minimum atomic E-state index is -3.64. The molecule has 1 aromatic carbocycles. The largest absolute Gasteiger partial charge is 0.493 e. The number of pyridine rings is 1. The standard InChI is InChI=1S/C20H28N2O5S2/c1-3-14-22(15-12-18-7-5-6-13-21-18)29(25,26)20-10-8-19(9-11-20)27-16-17-28(23,24)4-2/h5-11,13H,3-4,12,14-17H2,1-2H3. The van der Waals surface area contributed by atoms with Gasteiger partial charge in [-0.2, -0.15) is 4.31 Å². The van der Waals surface area contributed by atoms with Crippen molar-refractivity contribution in [2.24, 2.45) is 0 Å². The Morgan fingerprint density at radius 1 is 0.966 bits per heavy atom. The van der Waals surface area contributed by atoms with Crippen molar-refractivity contribution in [2.45, 2.75) is 31.6 Å². The molecule has 9 heteroatoms. The molecule has 1 aromatic heterocycles. The fourth-order valence-corrected chi connectivity index (χ4v) is 4.83. The topological polar surface area (TPSA) is 93.6 Å². The number of sulfonamides is 1. The Kier molecular flexibility index (Phi) is 8.60. The SMILES string of the molecule is CCCN(CCc1ccccn1)S(=O)(=O)c1ccc(OCCS(=O)(=O)CC)cc1. The van der Waals surface area contributed by atoms with Gasteiger partial charge in [0.2, 0.25) is 10.0 Å². The molecule has 0 aliphatic carbocycles. The van der Waals surface area contributed by atoms with E-state index in [1.54, 1.807) is 25.3 Å². The van der Waals surface area contributed by atoms with Gasteiger partial charge >= 0.3 is 0 Å². The first kappa shape index (κ1) is 23.3. The Morgan fingerprint density at radius 3 is 2.28 bits per heavy atom. The van der Waals surface area contributed by atoms with Gasteiger partial charge in [0.05, 0.1) is 10.6 Å². The summed E-state index contributed by atoms with van der Waals surface area (Å²) in [6.45, 7) is 4.33. The molecule has 0 unspecified atom stereocenters. The van der Waals surface area contributed by atoms with Gasteiger partial charge in [0.25, 0.3) is 0 Å². The number of rotatable bonds is 12. The Hall–Kier alpha value is -1.97. The van der Waals surface area contributed by atoms with Gasteiger partial charge in [-0.3, -0.25) is 4.98 Å². The Bertz CT molecular complexity index is 960. The maximum Gasteiger partial charge on any atom is 0.243 e. The summed E-state index contributed by atoms with van der Waals surface area (Å²) in [6.07, 6.45) is 2.93. The fraction of sp³-hybridized carbons (Fsp3) is 0.450. The van der Waals surface area contributed by atoms with Crippen LogP contribution in [-0.2, 0) is 26.3 Å². The van der Waals surface area contributed by atoms with E-state index in [-0.39, 0.29) is 23.0 Å². The summed E-state index contributed by atoms with van der Waals surface area (Å²) in [5.74, 6) is 0.437. The van der Waals surface area contributed by atoms with Crippen LogP contribution in [0.4, 0.5) is 0 Å². The lowest BCUT2D eigenvalue weighted by Crippen LogP contribution is -2.33. The third-order valence-corrected chi connectivity index (χ3v) is 7.96. The first-order valence-corrected chi connectivity index (χ1v) is 12.9. The molecule has 160 valence electrons. The van der Waals surface area contributed by atoms with Crippen LogP contribution in [0.1, 0.15) is 26.0 Å². The summed E-state index contributed by atoms with van der Waals surface area (Å²) >= 11 is 0. The highest BCUT2D eigenvalue weighted by molar-refractivity contribution is 7.91. The number of hydrogen-bond donors (Lipinski definition) is 0. The van der Waals surface area contributed by atoms with Crippen LogP contribution in [0.2, 0.25) is 0 Å². The van der Waals surface area contributed by atoms with Gasteiger partial charge in [-0.25, -0.2) is 16.8 Å². The normalized spacial score (nSPS) is 12.2. The monoisotopic (exact) mass is 440 g/mol. The van der Waals surface area contributed by atoms with E-state index >= 15 is 0 Å². The minimum Gasteiger partial charge on any atom is -0.493 e. The number of aromatic nitrogens is 1. The molecule has 0 bridgehead atoms. The van der Waals surface area contributed by atoms with E-state index in [2.05, 4.69) is 4.98 Å². The highest BCUT2D eigenvalue weighted by atomic mass is 32.2. The minimum absolute atomic E-state index is 0.0360. The van der Waals surface area contributed by atoms with E-state index in [4.69, 9.17) is 4.74 Å². The fourth-order valence-electron chi connectivity index (χ4n) is 2.67. The number of nitrogens with zero attached hydrogens (tertiary/aromatic N) is 2. The van der Waals surface area contributed by atoms with Crippen molar-refractivity contribution in [1.29, 1.82) is 0 Å². The van der Waals surface area contributed by atoms with E-state index in [0.29, 0.717) is 31.7 Å². The summed E-state index contributed by atoms with van der Waals surface area (Å²) in [7, 11) is -6.74. The molecule has 2 aromatic rings. The van der Waals surface area contributed by atoms with Gasteiger partial charge in [0.15, 0.2) is 9.84 Å². The summed E-state index contributed by atoms with van der Waals surface area (Å²) in [5.41, 5.74) is 0.842. The number of benzene rings is 1. The summed E-state index contributed by atoms with van der Waals surface area (Å²) in [5, 5.41) is 0. The molecule has 0 atom stereocenters. The first-order chi connectivity index (χ1) is 13.8. The zero-order chi connectivity index (χ0) is 21.3. The predicted octanol–water partition coefficient (Wildman–Crippen LogP) is 2.54. The van der Waals surface area contributed by atoms with Crippen molar-refractivity contribution in [2.75, 3.05) is 31.2 Å². The molecule has 2 rings (SSSR count). The van der Waals surface area contributed by atoms with Gasteiger partial charge in [-0.15, -0.1) is 0 Å². The highest BCUT2D eigenvalue weighted by Gasteiger charge is 2.23. The van der Waals surface area contributed by atoms with Gasteiger partial charge in [0.1, 0.15) is 12.4 Å². The number of ether oxygens (including phenoxy) is 1. The van der Waals surface area contributed by atoms with Crippen molar-refractivity contribution in [1.82, 2.24) is 9.29 Å². The van der Waals surface area contributed by atoms with E-state index in [9.17, 15) is 16.8 Å². The third kappa shape index (κ3) is 7.09. The molecule has 0 fully saturated rings. The number of sulfone groups is 1. The van der Waals surface area contributed by atoms with Crippen LogP contribution < -0.4 is 4.74 Å². The van der Waals surface area contributed by atoms with Crippen LogP contribution in [0.5, 0.6) is 5.75 Å². The molecule has 1 heterocycles. The van der Waals surface area contributed by atoms with Crippen molar-refractivity contribution in [3.05, 3.63) is 54.4 Å². The van der Waals surface area contributed by atoms with Gasteiger partial charge in [0, 0.05) is 37.2 Å². The summed E-state index contributed by atoms with van der Waals surface area (Å²) < 4.78 is 56.0. The van der Waals surface area contributed by atoms with Gasteiger partial charge in [-0.1, -0.05) is 19.9 Å². The summed E-state index contributed by atoms with van der Waals surface area (Å²) in [4.78, 5) is 4.43. The predicted molar refractivity (Wildman–Crippen MR) is 113 cm³/mol. The van der Waals surface area contributed by atoms with Gasteiger partial charge < -0.3 is 4.74 Å². The lowest BCUT2D eigenvalue weighted by molar-refractivity contribution is 0.340. The van der Waals surface area contributed by atoms with Crippen LogP contribution in [0.25, 0.3) is 0 Å². The molecule has 0 spiro atoms. The molecule has 7 nitrogen and oxygen atoms in total. The van der Waals surface area contributed by atoms with Crippen LogP contribution >= 0.6 is 0 Å². The smallest absolute Gasteiger partial charge is 0.243 e. The molecule has 0 aliphatic rings. The van der Waals surface area contributed by atoms with Crippen LogP contribution in [0, 0.1) is 0 Å². The lowest BCUT2D eigenvalue weighted by Gasteiger charge is -2.21. The molecular weight excluding hydrogens is 412 g/mol. The molecule has 0 saturated carbocycles. The third-order valence-electron chi connectivity index (χ3n) is 4.38. The number of hydrogen-bond acceptors (Lipinski definition) is 6. The molecule has 0 amide bonds. The average molecular weight is 441 g/mol. The zero-order valence-electron chi connectivity index (χ0n) is 16.8. The van der Waals surface area contributed by atoms with Crippen molar-refractivity contribution < 1.29 is 21.6 Å².